The zero-order chi connectivity index (χ0) is 15.0. The van der Waals surface area contributed by atoms with Crippen LogP contribution in [0.4, 0.5) is 0 Å². The Bertz CT molecular complexity index is 655. The number of rotatable bonds is 3. The molecule has 0 aliphatic heterocycles. The van der Waals surface area contributed by atoms with Gasteiger partial charge >= 0.3 is 5.97 Å². The summed E-state index contributed by atoms with van der Waals surface area (Å²) in [6, 6.07) is 5.80. The first-order valence-corrected chi connectivity index (χ1v) is 6.89. The average molecular weight is 271 g/mol. The van der Waals surface area contributed by atoms with Crippen LogP contribution >= 0.6 is 0 Å². The van der Waals surface area contributed by atoms with Crippen molar-refractivity contribution < 1.29 is 9.90 Å². The van der Waals surface area contributed by atoms with Gasteiger partial charge in [-0.1, -0.05) is 6.07 Å². The molecule has 0 aliphatic rings. The number of aromatic carboxylic acids is 1. The molecule has 1 N–H and O–H groups in total. The number of carboxylic acid groups (broad SMARTS) is 1. The minimum Gasteiger partial charge on any atom is -0.477 e. The van der Waals surface area contributed by atoms with Crippen molar-refractivity contribution in [1.29, 1.82) is 0 Å². The summed E-state index contributed by atoms with van der Waals surface area (Å²) >= 11 is 0. The van der Waals surface area contributed by atoms with Crippen LogP contribution in [0.5, 0.6) is 0 Å². The van der Waals surface area contributed by atoms with E-state index in [9.17, 15) is 9.90 Å². The van der Waals surface area contributed by atoms with E-state index >= 15 is 0 Å². The molecule has 2 aromatic rings. The fraction of sp³-hybridized carbons (Fsp3) is 0.353. The zero-order valence-electron chi connectivity index (χ0n) is 12.7. The molecule has 0 spiro atoms. The first-order valence-electron chi connectivity index (χ1n) is 6.89. The Morgan fingerprint density at radius 3 is 2.10 bits per heavy atom. The van der Waals surface area contributed by atoms with Crippen LogP contribution in [0.25, 0.3) is 11.3 Å². The van der Waals surface area contributed by atoms with Gasteiger partial charge in [-0.05, 0) is 69.0 Å². The molecule has 0 atom stereocenters. The Hall–Kier alpha value is -2.03. The molecule has 0 amide bonds. The molecule has 20 heavy (non-hydrogen) atoms. The van der Waals surface area contributed by atoms with Crippen LogP contribution in [-0.2, 0) is 6.54 Å². The smallest absolute Gasteiger partial charge is 0.352 e. The van der Waals surface area contributed by atoms with Crippen molar-refractivity contribution in [3.05, 3.63) is 46.1 Å². The molecule has 1 aromatic carbocycles. The summed E-state index contributed by atoms with van der Waals surface area (Å²) in [6.45, 7) is 11.0. The fourth-order valence-electron chi connectivity index (χ4n) is 2.81. The van der Waals surface area contributed by atoms with E-state index in [0.717, 1.165) is 11.3 Å². The second-order valence-corrected chi connectivity index (χ2v) is 5.29. The summed E-state index contributed by atoms with van der Waals surface area (Å²) < 4.78 is 1.87. The topological polar surface area (TPSA) is 42.2 Å². The number of aryl methyl sites for hydroxylation is 2. The molecule has 106 valence electrons. The molecule has 1 heterocycles. The summed E-state index contributed by atoms with van der Waals surface area (Å²) in [5, 5.41) is 9.28. The molecule has 0 unspecified atom stereocenters. The second-order valence-electron chi connectivity index (χ2n) is 5.29. The third-order valence-electron chi connectivity index (χ3n) is 4.14. The lowest BCUT2D eigenvalue weighted by atomic mass is 9.92. The normalized spacial score (nSPS) is 10.8. The third-order valence-corrected chi connectivity index (χ3v) is 4.14. The Balaban J connectivity index is 2.79. The maximum Gasteiger partial charge on any atom is 0.352 e. The van der Waals surface area contributed by atoms with Gasteiger partial charge in [0.15, 0.2) is 0 Å². The number of hydrogen-bond acceptors (Lipinski definition) is 1. The number of carbonyl (C=O) groups is 1. The van der Waals surface area contributed by atoms with Gasteiger partial charge in [0, 0.05) is 17.8 Å². The van der Waals surface area contributed by atoms with Crippen molar-refractivity contribution in [2.75, 3.05) is 0 Å². The molecular formula is C17H21NO2. The Morgan fingerprint density at radius 1 is 1.10 bits per heavy atom. The van der Waals surface area contributed by atoms with Crippen LogP contribution in [0.15, 0.2) is 18.2 Å². The quantitative estimate of drug-likeness (QED) is 0.913. The van der Waals surface area contributed by atoms with Crippen molar-refractivity contribution in [3.8, 4) is 11.3 Å². The molecule has 3 nitrogen and oxygen atoms in total. The van der Waals surface area contributed by atoms with E-state index < -0.39 is 5.97 Å². The molecule has 1 aromatic heterocycles. The van der Waals surface area contributed by atoms with Crippen LogP contribution in [0.1, 0.15) is 39.7 Å². The first-order chi connectivity index (χ1) is 9.38. The summed E-state index contributed by atoms with van der Waals surface area (Å²) in [7, 11) is 0. The Morgan fingerprint density at radius 2 is 1.65 bits per heavy atom. The Kier molecular flexibility index (Phi) is 3.71. The van der Waals surface area contributed by atoms with Crippen molar-refractivity contribution >= 4 is 5.97 Å². The van der Waals surface area contributed by atoms with E-state index in [1.807, 2.05) is 17.6 Å². The predicted octanol–water partition coefficient (Wildman–Crippen LogP) is 4.11. The number of aromatic nitrogens is 1. The van der Waals surface area contributed by atoms with E-state index in [2.05, 4.69) is 33.8 Å². The molecule has 0 saturated carbocycles. The van der Waals surface area contributed by atoms with Crippen LogP contribution in [0.2, 0.25) is 0 Å². The molecule has 0 fully saturated rings. The number of nitrogens with zero attached hydrogens (tertiary/aromatic N) is 1. The monoisotopic (exact) mass is 271 g/mol. The molecule has 0 aliphatic carbocycles. The van der Waals surface area contributed by atoms with Gasteiger partial charge in [-0.2, -0.15) is 0 Å². The van der Waals surface area contributed by atoms with E-state index in [0.29, 0.717) is 12.2 Å². The minimum atomic E-state index is -0.877. The molecule has 0 radical (unpaired) electrons. The largest absolute Gasteiger partial charge is 0.477 e. The van der Waals surface area contributed by atoms with E-state index in [-0.39, 0.29) is 0 Å². The highest BCUT2D eigenvalue weighted by atomic mass is 16.4. The van der Waals surface area contributed by atoms with Crippen LogP contribution in [0, 0.1) is 27.7 Å². The summed E-state index contributed by atoms with van der Waals surface area (Å²) in [4.78, 5) is 11.3. The first kappa shape index (κ1) is 14.4. The standard InChI is InChI=1S/C17H21NO2/c1-6-18-14(7-8-15(18)17(19)20)16-12(4)10(2)9-11(3)13(16)5/h7-9H,6H2,1-5H3,(H,19,20). The van der Waals surface area contributed by atoms with Gasteiger partial charge in [0.25, 0.3) is 0 Å². The zero-order valence-corrected chi connectivity index (χ0v) is 12.7. The molecule has 2 rings (SSSR count). The van der Waals surface area contributed by atoms with E-state index in [1.54, 1.807) is 6.07 Å². The SMILES string of the molecule is CCn1c(C(=O)O)ccc1-c1c(C)c(C)cc(C)c1C. The summed E-state index contributed by atoms with van der Waals surface area (Å²) in [5.41, 5.74) is 7.42. The number of hydrogen-bond donors (Lipinski definition) is 1. The lowest BCUT2D eigenvalue weighted by molar-refractivity contribution is 0.0685. The van der Waals surface area contributed by atoms with E-state index in [1.165, 1.54) is 22.3 Å². The highest BCUT2D eigenvalue weighted by Crippen LogP contribution is 2.33. The van der Waals surface area contributed by atoms with Gasteiger partial charge in [-0.15, -0.1) is 0 Å². The molecule has 0 saturated heterocycles. The van der Waals surface area contributed by atoms with Crippen LogP contribution in [0.3, 0.4) is 0 Å². The number of carboxylic acids is 1. The lowest BCUT2D eigenvalue weighted by Gasteiger charge is -2.17. The van der Waals surface area contributed by atoms with Gasteiger partial charge in [0.1, 0.15) is 5.69 Å². The summed E-state index contributed by atoms with van der Waals surface area (Å²) in [5.74, 6) is -0.877. The van der Waals surface area contributed by atoms with E-state index in [4.69, 9.17) is 0 Å². The maximum absolute atomic E-state index is 11.3. The molecular weight excluding hydrogens is 250 g/mol. The maximum atomic E-state index is 11.3. The second kappa shape index (κ2) is 5.16. The summed E-state index contributed by atoms with van der Waals surface area (Å²) in [6.07, 6.45) is 0. The Labute approximate surface area is 119 Å². The van der Waals surface area contributed by atoms with Gasteiger partial charge in [0.2, 0.25) is 0 Å². The number of benzene rings is 1. The highest BCUT2D eigenvalue weighted by Gasteiger charge is 2.18. The van der Waals surface area contributed by atoms with Gasteiger partial charge in [-0.3, -0.25) is 0 Å². The van der Waals surface area contributed by atoms with Gasteiger partial charge in [0.05, 0.1) is 0 Å². The average Bonchev–Trinajstić information content (AvgIpc) is 2.80. The van der Waals surface area contributed by atoms with Crippen molar-refractivity contribution in [3.63, 3.8) is 0 Å². The minimum absolute atomic E-state index is 0.348. The molecule has 3 heteroatoms. The highest BCUT2D eigenvalue weighted by molar-refractivity contribution is 5.88. The molecule has 0 bridgehead atoms. The van der Waals surface area contributed by atoms with Crippen molar-refractivity contribution in [2.24, 2.45) is 0 Å². The van der Waals surface area contributed by atoms with Gasteiger partial charge < -0.3 is 9.67 Å². The van der Waals surface area contributed by atoms with Crippen molar-refractivity contribution in [1.82, 2.24) is 4.57 Å². The predicted molar refractivity (Wildman–Crippen MR) is 81.4 cm³/mol. The van der Waals surface area contributed by atoms with Crippen LogP contribution in [-0.4, -0.2) is 15.6 Å². The van der Waals surface area contributed by atoms with Crippen LogP contribution < -0.4 is 0 Å². The fourth-order valence-corrected chi connectivity index (χ4v) is 2.81. The lowest BCUT2D eigenvalue weighted by Crippen LogP contribution is -2.09. The van der Waals surface area contributed by atoms with Crippen molar-refractivity contribution in [2.45, 2.75) is 41.2 Å². The van der Waals surface area contributed by atoms with Gasteiger partial charge in [-0.25, -0.2) is 4.79 Å². The third kappa shape index (κ3) is 2.13.